The first-order chi connectivity index (χ1) is 10.1. The van der Waals surface area contributed by atoms with Gasteiger partial charge in [-0.1, -0.05) is 19.1 Å². The maximum absolute atomic E-state index is 9.88. The van der Waals surface area contributed by atoms with Crippen molar-refractivity contribution in [2.75, 3.05) is 11.9 Å². The van der Waals surface area contributed by atoms with Crippen LogP contribution in [-0.4, -0.2) is 27.2 Å². The first-order valence-corrected chi connectivity index (χ1v) is 7.74. The fourth-order valence-corrected chi connectivity index (χ4v) is 3.10. The van der Waals surface area contributed by atoms with Crippen molar-refractivity contribution in [1.29, 1.82) is 0 Å². The van der Waals surface area contributed by atoms with Crippen molar-refractivity contribution in [2.45, 2.75) is 45.1 Å². The summed E-state index contributed by atoms with van der Waals surface area (Å²) in [5, 5.41) is 13.4. The van der Waals surface area contributed by atoms with Crippen molar-refractivity contribution >= 4 is 16.9 Å². The number of nitrogens with one attached hydrogen (secondary N) is 1. The van der Waals surface area contributed by atoms with Crippen LogP contribution in [0.2, 0.25) is 0 Å². The van der Waals surface area contributed by atoms with Crippen molar-refractivity contribution in [2.24, 2.45) is 5.92 Å². The van der Waals surface area contributed by atoms with E-state index < -0.39 is 0 Å². The van der Waals surface area contributed by atoms with Crippen molar-refractivity contribution in [3.8, 4) is 0 Å². The number of hydrogen-bond acceptors (Lipinski definition) is 4. The van der Waals surface area contributed by atoms with Crippen molar-refractivity contribution < 1.29 is 5.11 Å². The van der Waals surface area contributed by atoms with E-state index in [4.69, 9.17) is 4.98 Å². The molecule has 0 unspecified atom stereocenters. The zero-order valence-electron chi connectivity index (χ0n) is 12.8. The molecule has 0 bridgehead atoms. The van der Waals surface area contributed by atoms with Crippen LogP contribution in [0.3, 0.4) is 0 Å². The summed E-state index contributed by atoms with van der Waals surface area (Å²) in [4.78, 5) is 9.31. The highest BCUT2D eigenvalue weighted by atomic mass is 16.3. The van der Waals surface area contributed by atoms with Gasteiger partial charge in [0.1, 0.15) is 5.82 Å². The van der Waals surface area contributed by atoms with Crippen LogP contribution in [-0.2, 0) is 0 Å². The molecule has 112 valence electrons. The van der Waals surface area contributed by atoms with E-state index in [0.29, 0.717) is 0 Å². The third kappa shape index (κ3) is 2.86. The molecular formula is C17H23N3O. The molecule has 0 spiro atoms. The molecule has 1 fully saturated rings. The van der Waals surface area contributed by atoms with E-state index in [1.807, 2.05) is 31.2 Å². The molecule has 1 aliphatic rings. The van der Waals surface area contributed by atoms with Gasteiger partial charge in [0.25, 0.3) is 0 Å². The molecule has 0 saturated heterocycles. The fourth-order valence-electron chi connectivity index (χ4n) is 3.10. The highest BCUT2D eigenvalue weighted by Crippen LogP contribution is 2.34. The Morgan fingerprint density at radius 2 is 1.81 bits per heavy atom. The van der Waals surface area contributed by atoms with Crippen LogP contribution >= 0.6 is 0 Å². The summed E-state index contributed by atoms with van der Waals surface area (Å²) in [5.74, 6) is 1.55. The quantitative estimate of drug-likeness (QED) is 0.908. The lowest BCUT2D eigenvalue weighted by Gasteiger charge is -2.39. The fraction of sp³-hybridized carbons (Fsp3) is 0.529. The SMILES string of the molecule is Cc1nc2ccccc2nc1NC1(CO)CCC(C)CC1. The maximum Gasteiger partial charge on any atom is 0.148 e. The topological polar surface area (TPSA) is 58.0 Å². The summed E-state index contributed by atoms with van der Waals surface area (Å²) < 4.78 is 0. The third-order valence-corrected chi connectivity index (χ3v) is 4.66. The third-order valence-electron chi connectivity index (χ3n) is 4.66. The molecule has 1 aliphatic carbocycles. The summed E-state index contributed by atoms with van der Waals surface area (Å²) in [6, 6.07) is 7.90. The van der Waals surface area contributed by atoms with Gasteiger partial charge in [-0.25, -0.2) is 9.97 Å². The molecular weight excluding hydrogens is 262 g/mol. The number of benzene rings is 1. The van der Waals surface area contributed by atoms with Gasteiger partial charge >= 0.3 is 0 Å². The van der Waals surface area contributed by atoms with Gasteiger partial charge in [0.15, 0.2) is 0 Å². The number of hydrogen-bond donors (Lipinski definition) is 2. The number of aliphatic hydroxyl groups is 1. The van der Waals surface area contributed by atoms with Gasteiger partial charge in [-0.2, -0.15) is 0 Å². The molecule has 0 radical (unpaired) electrons. The number of aliphatic hydroxyl groups excluding tert-OH is 1. The molecule has 1 heterocycles. The number of fused-ring (bicyclic) bond motifs is 1. The summed E-state index contributed by atoms with van der Waals surface area (Å²) in [6.07, 6.45) is 4.26. The van der Waals surface area contributed by atoms with E-state index in [1.54, 1.807) is 0 Å². The lowest BCUT2D eigenvalue weighted by molar-refractivity contribution is 0.155. The van der Waals surface area contributed by atoms with Gasteiger partial charge in [-0.05, 0) is 50.7 Å². The lowest BCUT2D eigenvalue weighted by atomic mass is 9.77. The standard InChI is InChI=1S/C17H23N3O/c1-12-7-9-17(11-21,10-8-12)20-16-13(2)18-14-5-3-4-6-15(14)19-16/h3-6,12,21H,7-11H2,1-2H3,(H,19,20). The molecule has 21 heavy (non-hydrogen) atoms. The van der Waals surface area contributed by atoms with Crippen molar-refractivity contribution in [3.05, 3.63) is 30.0 Å². The van der Waals surface area contributed by atoms with Crippen LogP contribution < -0.4 is 5.32 Å². The Bertz CT molecular complexity index is 633. The molecule has 0 atom stereocenters. The molecule has 4 nitrogen and oxygen atoms in total. The zero-order valence-corrected chi connectivity index (χ0v) is 12.8. The molecule has 0 aliphatic heterocycles. The first-order valence-electron chi connectivity index (χ1n) is 7.74. The molecule has 0 amide bonds. The van der Waals surface area contributed by atoms with Crippen LogP contribution in [0.5, 0.6) is 0 Å². The molecule has 1 saturated carbocycles. The number of rotatable bonds is 3. The second-order valence-corrected chi connectivity index (χ2v) is 6.39. The Balaban J connectivity index is 1.91. The molecule has 1 aromatic heterocycles. The predicted octanol–water partition coefficient (Wildman–Crippen LogP) is 3.29. The number of nitrogens with zero attached hydrogens (tertiary/aromatic N) is 2. The maximum atomic E-state index is 9.88. The molecule has 2 N–H and O–H groups in total. The molecule has 4 heteroatoms. The van der Waals surface area contributed by atoms with E-state index in [9.17, 15) is 5.11 Å². The largest absolute Gasteiger partial charge is 0.394 e. The van der Waals surface area contributed by atoms with E-state index in [-0.39, 0.29) is 12.1 Å². The summed E-state index contributed by atoms with van der Waals surface area (Å²) in [5.41, 5.74) is 2.45. The van der Waals surface area contributed by atoms with Crippen LogP contribution in [0.15, 0.2) is 24.3 Å². The van der Waals surface area contributed by atoms with E-state index in [1.165, 1.54) is 0 Å². The van der Waals surface area contributed by atoms with Crippen LogP contribution in [0.25, 0.3) is 11.0 Å². The number of aryl methyl sites for hydroxylation is 1. The van der Waals surface area contributed by atoms with E-state index in [2.05, 4.69) is 17.2 Å². The van der Waals surface area contributed by atoms with E-state index in [0.717, 1.165) is 54.1 Å². The van der Waals surface area contributed by atoms with Gasteiger partial charge in [0.05, 0.1) is 28.9 Å². The lowest BCUT2D eigenvalue weighted by Crippen LogP contribution is -2.45. The molecule has 1 aromatic carbocycles. The number of anilines is 1. The minimum Gasteiger partial charge on any atom is -0.394 e. The average Bonchev–Trinajstić information content (AvgIpc) is 2.50. The Kier molecular flexibility index (Phi) is 3.81. The average molecular weight is 285 g/mol. The Morgan fingerprint density at radius 3 is 2.43 bits per heavy atom. The smallest absolute Gasteiger partial charge is 0.148 e. The van der Waals surface area contributed by atoms with Crippen molar-refractivity contribution in [1.82, 2.24) is 9.97 Å². The Morgan fingerprint density at radius 1 is 1.19 bits per heavy atom. The number of aromatic nitrogens is 2. The molecule has 3 rings (SSSR count). The zero-order chi connectivity index (χ0) is 14.9. The monoisotopic (exact) mass is 285 g/mol. The van der Waals surface area contributed by atoms with Gasteiger partial charge in [-0.3, -0.25) is 0 Å². The molecule has 2 aromatic rings. The van der Waals surface area contributed by atoms with Gasteiger partial charge < -0.3 is 10.4 Å². The van der Waals surface area contributed by atoms with Gasteiger partial charge in [0, 0.05) is 0 Å². The first kappa shape index (κ1) is 14.3. The summed E-state index contributed by atoms with van der Waals surface area (Å²) in [7, 11) is 0. The minimum atomic E-state index is -0.242. The highest BCUT2D eigenvalue weighted by molar-refractivity contribution is 5.76. The summed E-state index contributed by atoms with van der Waals surface area (Å²) >= 11 is 0. The number of para-hydroxylation sites is 2. The van der Waals surface area contributed by atoms with Crippen LogP contribution in [0, 0.1) is 12.8 Å². The second kappa shape index (κ2) is 5.60. The van der Waals surface area contributed by atoms with Crippen LogP contribution in [0.1, 0.15) is 38.3 Å². The summed E-state index contributed by atoms with van der Waals surface area (Å²) in [6.45, 7) is 4.40. The normalized spacial score (nSPS) is 26.0. The Labute approximate surface area is 125 Å². The van der Waals surface area contributed by atoms with Gasteiger partial charge in [-0.15, -0.1) is 0 Å². The second-order valence-electron chi connectivity index (χ2n) is 6.39. The van der Waals surface area contributed by atoms with Gasteiger partial charge in [0.2, 0.25) is 0 Å². The van der Waals surface area contributed by atoms with E-state index >= 15 is 0 Å². The van der Waals surface area contributed by atoms with Crippen molar-refractivity contribution in [3.63, 3.8) is 0 Å². The van der Waals surface area contributed by atoms with Crippen LogP contribution in [0.4, 0.5) is 5.82 Å². The Hall–Kier alpha value is -1.68. The highest BCUT2D eigenvalue weighted by Gasteiger charge is 2.34. The minimum absolute atomic E-state index is 0.146. The predicted molar refractivity (Wildman–Crippen MR) is 85.3 cm³/mol.